The van der Waals surface area contributed by atoms with E-state index in [9.17, 15) is 18.0 Å². The number of nitrogens with one attached hydrogen (secondary N) is 1. The zero-order valence-electron chi connectivity index (χ0n) is 11.2. The van der Waals surface area contributed by atoms with Crippen LogP contribution < -0.4 is 10.1 Å². The van der Waals surface area contributed by atoms with Crippen LogP contribution in [0.3, 0.4) is 0 Å². The highest BCUT2D eigenvalue weighted by atomic mass is 79.9. The monoisotopic (exact) mass is 364 g/mol. The van der Waals surface area contributed by atoms with Crippen molar-refractivity contribution in [1.29, 1.82) is 5.26 Å². The molecular weight excluding hydrogens is 353 g/mol. The Morgan fingerprint density at radius 2 is 2.19 bits per heavy atom. The summed E-state index contributed by atoms with van der Waals surface area (Å²) in [6.45, 7) is 2.54. The summed E-state index contributed by atoms with van der Waals surface area (Å²) in [6, 6.07) is 1.70. The van der Waals surface area contributed by atoms with Crippen LogP contribution in [0.25, 0.3) is 0 Å². The molecular formula is C13H12BrF3N2O2. The van der Waals surface area contributed by atoms with Crippen molar-refractivity contribution < 1.29 is 22.7 Å². The van der Waals surface area contributed by atoms with Gasteiger partial charge in [-0.15, -0.1) is 0 Å². The molecule has 0 aliphatic heterocycles. The lowest BCUT2D eigenvalue weighted by atomic mass is 10.0. The van der Waals surface area contributed by atoms with Crippen LogP contribution in [0.15, 0.2) is 16.6 Å². The smallest absolute Gasteiger partial charge is 0.276 e. The number of alkyl halides is 2. The van der Waals surface area contributed by atoms with Gasteiger partial charge in [-0.25, -0.2) is 13.2 Å². The number of rotatable bonds is 5. The topological polar surface area (TPSA) is 62.1 Å². The van der Waals surface area contributed by atoms with E-state index in [-0.39, 0.29) is 4.47 Å². The number of amides is 1. The van der Waals surface area contributed by atoms with Gasteiger partial charge in [-0.1, -0.05) is 6.92 Å². The minimum absolute atomic E-state index is 0.132. The van der Waals surface area contributed by atoms with Crippen molar-refractivity contribution in [3.8, 4) is 11.9 Å². The summed E-state index contributed by atoms with van der Waals surface area (Å²) in [7, 11) is 0. The molecule has 1 aromatic carbocycles. The van der Waals surface area contributed by atoms with Crippen LogP contribution in [-0.2, 0) is 10.7 Å². The minimum atomic E-state index is -3.24. The molecule has 1 rings (SSSR count). The van der Waals surface area contributed by atoms with Crippen LogP contribution in [-0.4, -0.2) is 12.0 Å². The Kier molecular flexibility index (Phi) is 5.61. The number of ether oxygens (including phenoxy) is 1. The number of nitriles is 1. The Hall–Kier alpha value is -1.75. The summed E-state index contributed by atoms with van der Waals surface area (Å²) in [4.78, 5) is 11.4. The third-order valence-corrected chi connectivity index (χ3v) is 3.32. The zero-order valence-corrected chi connectivity index (χ0v) is 12.8. The minimum Gasteiger partial charge on any atom is -0.480 e. The SMILES string of the molecule is CCC(F)(F)c1cc(Br)c(F)cc1OC(C)C(=O)NC#N. The summed E-state index contributed by atoms with van der Waals surface area (Å²) in [5.74, 6) is -5.29. The molecule has 0 spiro atoms. The van der Waals surface area contributed by atoms with Gasteiger partial charge in [0.2, 0.25) is 0 Å². The van der Waals surface area contributed by atoms with Gasteiger partial charge in [-0.3, -0.25) is 10.1 Å². The third kappa shape index (κ3) is 4.11. The van der Waals surface area contributed by atoms with Gasteiger partial charge in [0, 0.05) is 12.5 Å². The average molecular weight is 365 g/mol. The summed E-state index contributed by atoms with van der Waals surface area (Å²) in [6.07, 6.45) is -0.338. The maximum Gasteiger partial charge on any atom is 0.276 e. The highest BCUT2D eigenvalue weighted by Gasteiger charge is 2.34. The standard InChI is InChI=1S/C13H12BrF3N2O2/c1-3-13(16,17)8-4-9(14)10(15)5-11(8)21-7(2)12(20)19-6-18/h4-5,7H,3H2,1-2H3,(H,19,20). The predicted octanol–water partition coefficient (Wildman–Crippen LogP) is 3.45. The molecule has 0 aromatic heterocycles. The van der Waals surface area contributed by atoms with Gasteiger partial charge < -0.3 is 4.74 Å². The van der Waals surface area contributed by atoms with Crippen molar-refractivity contribution in [2.75, 3.05) is 0 Å². The normalized spacial score (nSPS) is 12.4. The second kappa shape index (κ2) is 6.80. The van der Waals surface area contributed by atoms with Crippen molar-refractivity contribution >= 4 is 21.8 Å². The van der Waals surface area contributed by atoms with Gasteiger partial charge in [0.1, 0.15) is 11.6 Å². The Labute approximate surface area is 128 Å². The maximum atomic E-state index is 13.9. The molecule has 1 atom stereocenters. The molecule has 0 aliphatic carbocycles. The molecule has 1 unspecified atom stereocenters. The molecule has 0 aliphatic rings. The fourth-order valence-corrected chi connectivity index (χ4v) is 1.85. The molecule has 0 saturated heterocycles. The second-order valence-corrected chi connectivity index (χ2v) is 5.04. The number of benzene rings is 1. The summed E-state index contributed by atoms with van der Waals surface area (Å²) in [5, 5.41) is 10.1. The summed E-state index contributed by atoms with van der Waals surface area (Å²) < 4.78 is 46.2. The Bertz CT molecular complexity index is 588. The molecule has 21 heavy (non-hydrogen) atoms. The van der Waals surface area contributed by atoms with Crippen LogP contribution in [0.2, 0.25) is 0 Å². The number of carbonyl (C=O) groups is 1. The van der Waals surface area contributed by atoms with Crippen molar-refractivity contribution in [2.45, 2.75) is 32.3 Å². The molecule has 0 fully saturated rings. The molecule has 8 heteroatoms. The molecule has 0 bridgehead atoms. The number of nitrogens with zero attached hydrogens (tertiary/aromatic N) is 1. The van der Waals surface area contributed by atoms with Crippen molar-refractivity contribution in [3.05, 3.63) is 28.0 Å². The quantitative estimate of drug-likeness (QED) is 0.642. The maximum absolute atomic E-state index is 13.9. The second-order valence-electron chi connectivity index (χ2n) is 4.18. The largest absolute Gasteiger partial charge is 0.480 e. The average Bonchev–Trinajstić information content (AvgIpc) is 2.42. The van der Waals surface area contributed by atoms with Crippen molar-refractivity contribution in [3.63, 3.8) is 0 Å². The Morgan fingerprint density at radius 3 is 2.71 bits per heavy atom. The fourth-order valence-electron chi connectivity index (χ4n) is 1.50. The zero-order chi connectivity index (χ0) is 16.2. The fraction of sp³-hybridized carbons (Fsp3) is 0.385. The highest BCUT2D eigenvalue weighted by Crippen LogP contribution is 2.40. The first-order valence-electron chi connectivity index (χ1n) is 5.95. The van der Waals surface area contributed by atoms with Crippen LogP contribution in [0.5, 0.6) is 5.75 Å². The Morgan fingerprint density at radius 1 is 1.57 bits per heavy atom. The van der Waals surface area contributed by atoms with Gasteiger partial charge in [-0.2, -0.15) is 5.26 Å². The van der Waals surface area contributed by atoms with Crippen LogP contribution in [0.4, 0.5) is 13.2 Å². The van der Waals surface area contributed by atoms with Gasteiger partial charge >= 0.3 is 0 Å². The first-order chi connectivity index (χ1) is 9.72. The lowest BCUT2D eigenvalue weighted by Crippen LogP contribution is -2.34. The van der Waals surface area contributed by atoms with Gasteiger partial charge in [-0.05, 0) is 28.9 Å². The van der Waals surface area contributed by atoms with Crippen molar-refractivity contribution in [1.82, 2.24) is 5.32 Å². The van der Waals surface area contributed by atoms with E-state index in [1.54, 1.807) is 0 Å². The van der Waals surface area contributed by atoms with E-state index >= 15 is 0 Å². The van der Waals surface area contributed by atoms with Gasteiger partial charge in [0.05, 0.1) is 10.0 Å². The predicted molar refractivity (Wildman–Crippen MR) is 72.1 cm³/mol. The Balaban J connectivity index is 3.20. The van der Waals surface area contributed by atoms with E-state index < -0.39 is 41.5 Å². The van der Waals surface area contributed by atoms with Gasteiger partial charge in [0.25, 0.3) is 11.8 Å². The van der Waals surface area contributed by atoms with E-state index in [0.29, 0.717) is 0 Å². The molecule has 114 valence electrons. The molecule has 0 saturated carbocycles. The number of hydrogen-bond acceptors (Lipinski definition) is 3. The molecule has 1 amide bonds. The lowest BCUT2D eigenvalue weighted by Gasteiger charge is -2.21. The first kappa shape index (κ1) is 17.3. The first-order valence-corrected chi connectivity index (χ1v) is 6.75. The van der Waals surface area contributed by atoms with E-state index in [1.807, 2.05) is 5.32 Å². The molecule has 1 aromatic rings. The number of carbonyl (C=O) groups excluding carboxylic acids is 1. The van der Waals surface area contributed by atoms with E-state index in [1.165, 1.54) is 20.0 Å². The van der Waals surface area contributed by atoms with Crippen LogP contribution in [0.1, 0.15) is 25.8 Å². The molecule has 4 nitrogen and oxygen atoms in total. The highest BCUT2D eigenvalue weighted by molar-refractivity contribution is 9.10. The number of halogens is 4. The molecule has 0 heterocycles. The van der Waals surface area contributed by atoms with Crippen molar-refractivity contribution in [2.24, 2.45) is 0 Å². The molecule has 0 radical (unpaired) electrons. The van der Waals surface area contributed by atoms with E-state index in [4.69, 9.17) is 10.00 Å². The van der Waals surface area contributed by atoms with Crippen LogP contribution >= 0.6 is 15.9 Å². The summed E-state index contributed by atoms with van der Waals surface area (Å²) in [5.41, 5.74) is -0.533. The third-order valence-electron chi connectivity index (χ3n) is 2.71. The van der Waals surface area contributed by atoms with E-state index in [0.717, 1.165) is 12.1 Å². The summed E-state index contributed by atoms with van der Waals surface area (Å²) >= 11 is 2.84. The lowest BCUT2D eigenvalue weighted by molar-refractivity contribution is -0.126. The number of hydrogen-bond donors (Lipinski definition) is 1. The van der Waals surface area contributed by atoms with E-state index in [2.05, 4.69) is 15.9 Å². The molecule has 1 N–H and O–H groups in total. The van der Waals surface area contributed by atoms with Gasteiger partial charge in [0.15, 0.2) is 12.3 Å². The van der Waals surface area contributed by atoms with Crippen LogP contribution in [0, 0.1) is 17.3 Å².